The molecule has 4 nitrogen and oxygen atoms in total. The highest BCUT2D eigenvalue weighted by atomic mass is 32.2. The first-order chi connectivity index (χ1) is 8.33. The van der Waals surface area contributed by atoms with E-state index in [0.717, 1.165) is 13.1 Å². The van der Waals surface area contributed by atoms with E-state index >= 15 is 0 Å². The zero-order valence-corrected chi connectivity index (χ0v) is 11.5. The summed E-state index contributed by atoms with van der Waals surface area (Å²) in [7, 11) is 1.69. The topological polar surface area (TPSA) is 50.4 Å². The summed E-state index contributed by atoms with van der Waals surface area (Å²) in [5.74, 6) is 3.25. The molecule has 1 fully saturated rings. The third-order valence-electron chi connectivity index (χ3n) is 2.92. The molecule has 0 bridgehead atoms. The Balaban J connectivity index is 1.93. The van der Waals surface area contributed by atoms with E-state index in [1.807, 2.05) is 11.8 Å². The van der Waals surface area contributed by atoms with Crippen molar-refractivity contribution in [1.29, 1.82) is 0 Å². The van der Waals surface area contributed by atoms with Crippen LogP contribution in [0.5, 0.6) is 0 Å². The average molecular weight is 260 g/mol. The predicted octanol–water partition coefficient (Wildman–Crippen LogP) is 0.872. The van der Waals surface area contributed by atoms with Gasteiger partial charge >= 0.3 is 0 Å². The lowest BCUT2D eigenvalue weighted by molar-refractivity contribution is -0.122. The van der Waals surface area contributed by atoms with Crippen molar-refractivity contribution in [3.8, 4) is 0 Å². The minimum absolute atomic E-state index is 0.204. The maximum atomic E-state index is 11.6. The molecule has 1 rings (SSSR count). The predicted molar refractivity (Wildman–Crippen MR) is 72.4 cm³/mol. The summed E-state index contributed by atoms with van der Waals surface area (Å²) in [6, 6.07) is 0. The Bertz CT molecular complexity index is 209. The fourth-order valence-electron chi connectivity index (χ4n) is 1.87. The van der Waals surface area contributed by atoms with Crippen LogP contribution in [-0.4, -0.2) is 50.8 Å². The van der Waals surface area contributed by atoms with Gasteiger partial charge in [0.1, 0.15) is 0 Å². The number of methoxy groups -OCH3 is 1. The molecule has 1 aliphatic heterocycles. The zero-order chi connectivity index (χ0) is 12.3. The summed E-state index contributed by atoms with van der Waals surface area (Å²) < 4.78 is 4.92. The van der Waals surface area contributed by atoms with E-state index in [9.17, 15) is 4.79 Å². The molecule has 0 atom stereocenters. The number of carbonyl (C=O) groups is 1. The van der Waals surface area contributed by atoms with Crippen molar-refractivity contribution in [2.24, 2.45) is 5.92 Å². The highest BCUT2D eigenvalue weighted by Gasteiger charge is 2.16. The molecule has 0 radical (unpaired) electrons. The van der Waals surface area contributed by atoms with Crippen LogP contribution < -0.4 is 10.6 Å². The smallest absolute Gasteiger partial charge is 0.220 e. The van der Waals surface area contributed by atoms with Crippen molar-refractivity contribution in [2.75, 3.05) is 44.9 Å². The summed E-state index contributed by atoms with van der Waals surface area (Å²) in [5, 5.41) is 6.16. The molecule has 0 unspecified atom stereocenters. The summed E-state index contributed by atoms with van der Waals surface area (Å²) in [6.45, 7) is 3.08. The van der Waals surface area contributed by atoms with E-state index < -0.39 is 0 Å². The lowest BCUT2D eigenvalue weighted by Gasteiger charge is -2.20. The van der Waals surface area contributed by atoms with E-state index in [1.165, 1.54) is 24.3 Å². The summed E-state index contributed by atoms with van der Waals surface area (Å²) in [4.78, 5) is 11.6. The van der Waals surface area contributed by atoms with Crippen molar-refractivity contribution in [3.05, 3.63) is 0 Å². The number of nitrogens with one attached hydrogen (secondary N) is 2. The van der Waals surface area contributed by atoms with E-state index in [4.69, 9.17) is 4.74 Å². The third-order valence-corrected chi connectivity index (χ3v) is 3.97. The molecule has 100 valence electrons. The minimum atomic E-state index is 0.204. The highest BCUT2D eigenvalue weighted by molar-refractivity contribution is 7.99. The van der Waals surface area contributed by atoms with E-state index in [2.05, 4.69) is 10.6 Å². The van der Waals surface area contributed by atoms with Gasteiger partial charge in [0.15, 0.2) is 0 Å². The molecule has 2 N–H and O–H groups in total. The van der Waals surface area contributed by atoms with Gasteiger partial charge in [-0.2, -0.15) is 11.8 Å². The standard InChI is InChI=1S/C12H24N2O2S/c1-16-7-6-13-4-5-14-12(15)10-11-2-8-17-9-3-11/h11,13H,2-10H2,1H3,(H,14,15). The van der Waals surface area contributed by atoms with Crippen LogP contribution in [-0.2, 0) is 9.53 Å². The Kier molecular flexibility index (Phi) is 8.48. The molecule has 0 aromatic heterocycles. The third kappa shape index (κ3) is 7.63. The number of carbonyl (C=O) groups excluding carboxylic acids is 1. The second-order valence-corrected chi connectivity index (χ2v) is 5.58. The molecular weight excluding hydrogens is 236 g/mol. The molecular formula is C12H24N2O2S. The molecule has 0 saturated carbocycles. The number of amides is 1. The lowest BCUT2D eigenvalue weighted by Crippen LogP contribution is -2.34. The van der Waals surface area contributed by atoms with Crippen LogP contribution in [0.3, 0.4) is 0 Å². The molecule has 1 aliphatic rings. The molecule has 17 heavy (non-hydrogen) atoms. The van der Waals surface area contributed by atoms with Gasteiger partial charge in [0.2, 0.25) is 5.91 Å². The number of ether oxygens (including phenoxy) is 1. The Labute approximate surface area is 108 Å². The van der Waals surface area contributed by atoms with Gasteiger partial charge in [0.25, 0.3) is 0 Å². The quantitative estimate of drug-likeness (QED) is 0.636. The number of rotatable bonds is 8. The molecule has 0 aliphatic carbocycles. The fourth-order valence-corrected chi connectivity index (χ4v) is 3.08. The highest BCUT2D eigenvalue weighted by Crippen LogP contribution is 2.24. The number of hydrogen-bond acceptors (Lipinski definition) is 4. The second kappa shape index (κ2) is 9.74. The van der Waals surface area contributed by atoms with Crippen molar-refractivity contribution < 1.29 is 9.53 Å². The SMILES string of the molecule is COCCNCCNC(=O)CC1CCSCC1. The first-order valence-corrected chi connectivity index (χ1v) is 7.52. The van der Waals surface area contributed by atoms with E-state index in [1.54, 1.807) is 7.11 Å². The molecule has 1 amide bonds. The van der Waals surface area contributed by atoms with Crippen LogP contribution in [0.4, 0.5) is 0 Å². The molecule has 0 spiro atoms. The molecule has 0 aromatic rings. The molecule has 0 aromatic carbocycles. The molecule has 1 heterocycles. The van der Waals surface area contributed by atoms with Crippen LogP contribution in [0.25, 0.3) is 0 Å². The van der Waals surface area contributed by atoms with Crippen LogP contribution in [0.1, 0.15) is 19.3 Å². The van der Waals surface area contributed by atoms with Crippen molar-refractivity contribution in [1.82, 2.24) is 10.6 Å². The Morgan fingerprint density at radius 2 is 2.06 bits per heavy atom. The van der Waals surface area contributed by atoms with Gasteiger partial charge in [-0.3, -0.25) is 4.79 Å². The maximum absolute atomic E-state index is 11.6. The first-order valence-electron chi connectivity index (χ1n) is 6.37. The fraction of sp³-hybridized carbons (Fsp3) is 0.917. The largest absolute Gasteiger partial charge is 0.383 e. The Morgan fingerprint density at radius 1 is 1.29 bits per heavy atom. The Morgan fingerprint density at radius 3 is 2.76 bits per heavy atom. The van der Waals surface area contributed by atoms with Crippen LogP contribution >= 0.6 is 11.8 Å². The van der Waals surface area contributed by atoms with Gasteiger partial charge in [-0.15, -0.1) is 0 Å². The first kappa shape index (κ1) is 14.8. The van der Waals surface area contributed by atoms with Gasteiger partial charge in [0.05, 0.1) is 6.61 Å². The van der Waals surface area contributed by atoms with Gasteiger partial charge < -0.3 is 15.4 Å². The summed E-state index contributed by atoms with van der Waals surface area (Å²) >= 11 is 2.00. The van der Waals surface area contributed by atoms with Crippen molar-refractivity contribution >= 4 is 17.7 Å². The summed E-state index contributed by atoms with van der Waals surface area (Å²) in [5.41, 5.74) is 0. The molecule has 5 heteroatoms. The number of thioether (sulfide) groups is 1. The van der Waals surface area contributed by atoms with Gasteiger partial charge in [-0.25, -0.2) is 0 Å². The van der Waals surface area contributed by atoms with Crippen LogP contribution in [0.2, 0.25) is 0 Å². The van der Waals surface area contributed by atoms with E-state index in [0.29, 0.717) is 25.5 Å². The zero-order valence-electron chi connectivity index (χ0n) is 10.7. The lowest BCUT2D eigenvalue weighted by atomic mass is 9.98. The second-order valence-electron chi connectivity index (χ2n) is 4.35. The van der Waals surface area contributed by atoms with Crippen molar-refractivity contribution in [2.45, 2.75) is 19.3 Å². The monoisotopic (exact) mass is 260 g/mol. The number of hydrogen-bond donors (Lipinski definition) is 2. The summed E-state index contributed by atoms with van der Waals surface area (Å²) in [6.07, 6.45) is 3.10. The van der Waals surface area contributed by atoms with Gasteiger partial charge in [-0.1, -0.05) is 0 Å². The van der Waals surface area contributed by atoms with Crippen molar-refractivity contribution in [3.63, 3.8) is 0 Å². The van der Waals surface area contributed by atoms with Crippen LogP contribution in [0.15, 0.2) is 0 Å². The van der Waals surface area contributed by atoms with Gasteiger partial charge in [0, 0.05) is 33.2 Å². The maximum Gasteiger partial charge on any atom is 0.220 e. The van der Waals surface area contributed by atoms with E-state index in [-0.39, 0.29) is 5.91 Å². The minimum Gasteiger partial charge on any atom is -0.383 e. The van der Waals surface area contributed by atoms with Gasteiger partial charge in [-0.05, 0) is 30.3 Å². The molecule has 1 saturated heterocycles. The Hall–Kier alpha value is -0.260. The average Bonchev–Trinajstić information content (AvgIpc) is 2.35. The van der Waals surface area contributed by atoms with Crippen LogP contribution in [0, 0.1) is 5.92 Å². The normalized spacial score (nSPS) is 17.0.